The smallest absolute Gasteiger partial charge is 0.191 e. The van der Waals surface area contributed by atoms with E-state index >= 15 is 0 Å². The molecule has 122 valence electrons. The van der Waals surface area contributed by atoms with E-state index in [4.69, 9.17) is 11.6 Å². The molecule has 0 bridgehead atoms. The maximum absolute atomic E-state index is 12.5. The van der Waals surface area contributed by atoms with E-state index in [1.807, 2.05) is 48.9 Å². The van der Waals surface area contributed by atoms with Crippen LogP contribution in [0, 0.1) is 0 Å². The topological polar surface area (TPSA) is 47.8 Å². The van der Waals surface area contributed by atoms with Gasteiger partial charge in [-0.15, -0.1) is 10.2 Å². The van der Waals surface area contributed by atoms with Crippen molar-refractivity contribution in [3.63, 3.8) is 0 Å². The van der Waals surface area contributed by atoms with E-state index in [0.29, 0.717) is 15.7 Å². The molecule has 24 heavy (non-hydrogen) atoms. The highest BCUT2D eigenvalue weighted by atomic mass is 35.5. The second kappa shape index (κ2) is 7.20. The van der Waals surface area contributed by atoms with E-state index in [1.54, 1.807) is 24.3 Å². The minimum absolute atomic E-state index is 0.0425. The Balaban J connectivity index is 1.78. The molecular formula is C18H16ClN3OS. The summed E-state index contributed by atoms with van der Waals surface area (Å²) in [5.41, 5.74) is 1.64. The molecule has 0 N–H and O–H groups in total. The van der Waals surface area contributed by atoms with Crippen molar-refractivity contribution >= 4 is 29.1 Å². The van der Waals surface area contributed by atoms with Gasteiger partial charge in [0.15, 0.2) is 16.8 Å². The van der Waals surface area contributed by atoms with Crippen molar-refractivity contribution in [2.75, 3.05) is 0 Å². The fourth-order valence-electron chi connectivity index (χ4n) is 2.32. The van der Waals surface area contributed by atoms with E-state index in [0.717, 1.165) is 11.4 Å². The van der Waals surface area contributed by atoms with Gasteiger partial charge in [0.1, 0.15) is 0 Å². The second-order valence-electron chi connectivity index (χ2n) is 5.36. The number of halogens is 1. The van der Waals surface area contributed by atoms with E-state index in [9.17, 15) is 4.79 Å². The Kier molecular flexibility index (Phi) is 5.02. The molecule has 0 unspecified atom stereocenters. The molecule has 0 aliphatic heterocycles. The molecule has 0 amide bonds. The van der Waals surface area contributed by atoms with Crippen LogP contribution in [0.25, 0.3) is 11.4 Å². The van der Waals surface area contributed by atoms with Gasteiger partial charge in [-0.3, -0.25) is 4.79 Å². The van der Waals surface area contributed by atoms with E-state index in [1.165, 1.54) is 11.8 Å². The van der Waals surface area contributed by atoms with Gasteiger partial charge in [0, 0.05) is 23.2 Å². The van der Waals surface area contributed by atoms with Gasteiger partial charge < -0.3 is 4.57 Å². The zero-order chi connectivity index (χ0) is 17.1. The summed E-state index contributed by atoms with van der Waals surface area (Å²) in [6.45, 7) is 1.87. The van der Waals surface area contributed by atoms with Crippen LogP contribution >= 0.6 is 23.4 Å². The summed E-state index contributed by atoms with van der Waals surface area (Å²) < 4.78 is 1.91. The van der Waals surface area contributed by atoms with Crippen LogP contribution in [-0.2, 0) is 7.05 Å². The van der Waals surface area contributed by atoms with Crippen LogP contribution < -0.4 is 0 Å². The molecule has 0 radical (unpaired) electrons. The molecule has 0 saturated carbocycles. The van der Waals surface area contributed by atoms with Crippen LogP contribution in [0.2, 0.25) is 5.02 Å². The average Bonchev–Trinajstić information content (AvgIpc) is 2.96. The number of nitrogens with zero attached hydrogens (tertiary/aromatic N) is 3. The van der Waals surface area contributed by atoms with Crippen molar-refractivity contribution in [3.8, 4) is 11.4 Å². The first-order valence-electron chi connectivity index (χ1n) is 7.47. The van der Waals surface area contributed by atoms with Crippen molar-refractivity contribution in [3.05, 3.63) is 65.2 Å². The number of aromatic nitrogens is 3. The number of benzene rings is 2. The molecule has 3 rings (SSSR count). The molecule has 0 saturated heterocycles. The van der Waals surface area contributed by atoms with Crippen molar-refractivity contribution in [2.45, 2.75) is 17.3 Å². The Morgan fingerprint density at radius 3 is 2.42 bits per heavy atom. The predicted octanol–water partition coefficient (Wildman–Crippen LogP) is 4.50. The highest BCUT2D eigenvalue weighted by molar-refractivity contribution is 8.00. The molecule has 0 spiro atoms. The van der Waals surface area contributed by atoms with Gasteiger partial charge in [-0.25, -0.2) is 0 Å². The normalized spacial score (nSPS) is 12.1. The van der Waals surface area contributed by atoms with Crippen molar-refractivity contribution in [1.82, 2.24) is 14.8 Å². The Morgan fingerprint density at radius 2 is 1.75 bits per heavy atom. The molecule has 3 aromatic rings. The number of hydrogen-bond acceptors (Lipinski definition) is 4. The summed E-state index contributed by atoms with van der Waals surface area (Å²) in [5.74, 6) is 0.824. The standard InChI is InChI=1S/C18H16ClN3OS/c1-12(16(23)13-8-10-15(19)11-9-13)24-18-21-20-17(22(18)2)14-6-4-3-5-7-14/h3-12H,1-2H3/t12-/m1/s1. The summed E-state index contributed by atoms with van der Waals surface area (Å²) >= 11 is 7.27. The van der Waals surface area contributed by atoms with Crippen LogP contribution in [0.3, 0.4) is 0 Å². The molecule has 1 atom stereocenters. The molecule has 0 aliphatic carbocycles. The van der Waals surface area contributed by atoms with E-state index in [-0.39, 0.29) is 11.0 Å². The third-order valence-electron chi connectivity index (χ3n) is 3.65. The summed E-state index contributed by atoms with van der Waals surface area (Å²) in [6, 6.07) is 16.8. The molecule has 2 aromatic carbocycles. The lowest BCUT2D eigenvalue weighted by Crippen LogP contribution is -2.14. The minimum Gasteiger partial charge on any atom is -0.305 e. The van der Waals surface area contributed by atoms with E-state index in [2.05, 4.69) is 10.2 Å². The van der Waals surface area contributed by atoms with Crippen LogP contribution in [0.1, 0.15) is 17.3 Å². The van der Waals surface area contributed by atoms with E-state index < -0.39 is 0 Å². The van der Waals surface area contributed by atoms with Crippen LogP contribution in [0.4, 0.5) is 0 Å². The SMILES string of the molecule is C[C@@H](Sc1nnc(-c2ccccc2)n1C)C(=O)c1ccc(Cl)cc1. The zero-order valence-corrected chi connectivity index (χ0v) is 14.9. The molecule has 0 fully saturated rings. The summed E-state index contributed by atoms with van der Waals surface area (Å²) in [4.78, 5) is 12.5. The molecule has 0 aliphatic rings. The number of carbonyl (C=O) groups excluding carboxylic acids is 1. The Hall–Kier alpha value is -2.11. The van der Waals surface area contributed by atoms with Gasteiger partial charge in [0.25, 0.3) is 0 Å². The largest absolute Gasteiger partial charge is 0.305 e. The lowest BCUT2D eigenvalue weighted by Gasteiger charge is -2.10. The zero-order valence-electron chi connectivity index (χ0n) is 13.3. The quantitative estimate of drug-likeness (QED) is 0.498. The Labute approximate surface area is 149 Å². The number of Topliss-reactive ketones (excluding diaryl/α,β-unsaturated/α-hetero) is 1. The maximum Gasteiger partial charge on any atom is 0.191 e. The van der Waals surface area contributed by atoms with Crippen LogP contribution in [-0.4, -0.2) is 25.8 Å². The lowest BCUT2D eigenvalue weighted by atomic mass is 10.1. The molecule has 1 heterocycles. The lowest BCUT2D eigenvalue weighted by molar-refractivity contribution is 0.0994. The summed E-state index contributed by atoms with van der Waals surface area (Å²) in [7, 11) is 1.91. The summed E-state index contributed by atoms with van der Waals surface area (Å²) in [5, 5.41) is 9.53. The van der Waals surface area contributed by atoms with Crippen LogP contribution in [0.5, 0.6) is 0 Å². The van der Waals surface area contributed by atoms with Gasteiger partial charge in [-0.1, -0.05) is 53.7 Å². The van der Waals surface area contributed by atoms with Crippen LogP contribution in [0.15, 0.2) is 59.8 Å². The summed E-state index contributed by atoms with van der Waals surface area (Å²) in [6.07, 6.45) is 0. The molecular weight excluding hydrogens is 342 g/mol. The van der Waals surface area contributed by atoms with Gasteiger partial charge in [0.2, 0.25) is 0 Å². The highest BCUT2D eigenvalue weighted by Gasteiger charge is 2.20. The van der Waals surface area contributed by atoms with Crippen molar-refractivity contribution < 1.29 is 4.79 Å². The fraction of sp³-hybridized carbons (Fsp3) is 0.167. The third-order valence-corrected chi connectivity index (χ3v) is 5.03. The fourth-order valence-corrected chi connectivity index (χ4v) is 3.33. The molecule has 6 heteroatoms. The highest BCUT2D eigenvalue weighted by Crippen LogP contribution is 2.27. The predicted molar refractivity (Wildman–Crippen MR) is 97.5 cm³/mol. The van der Waals surface area contributed by atoms with Crippen molar-refractivity contribution in [2.24, 2.45) is 7.05 Å². The minimum atomic E-state index is -0.266. The Morgan fingerprint density at radius 1 is 1.08 bits per heavy atom. The first-order valence-corrected chi connectivity index (χ1v) is 8.73. The number of rotatable bonds is 5. The number of hydrogen-bond donors (Lipinski definition) is 0. The monoisotopic (exact) mass is 357 g/mol. The van der Waals surface area contributed by atoms with Crippen molar-refractivity contribution in [1.29, 1.82) is 0 Å². The third kappa shape index (κ3) is 3.52. The number of carbonyl (C=O) groups is 1. The first-order chi connectivity index (χ1) is 11.6. The van der Waals surface area contributed by atoms with Gasteiger partial charge in [-0.05, 0) is 31.2 Å². The second-order valence-corrected chi connectivity index (χ2v) is 7.11. The Bertz CT molecular complexity index is 846. The van der Waals surface area contributed by atoms with Gasteiger partial charge >= 0.3 is 0 Å². The van der Waals surface area contributed by atoms with Gasteiger partial charge in [-0.2, -0.15) is 0 Å². The molecule has 4 nitrogen and oxygen atoms in total. The molecule has 1 aromatic heterocycles. The maximum atomic E-state index is 12.5. The average molecular weight is 358 g/mol. The number of thioether (sulfide) groups is 1. The van der Waals surface area contributed by atoms with Gasteiger partial charge in [0.05, 0.1) is 5.25 Å². The first kappa shape index (κ1) is 16.7. The number of ketones is 1.